The number of anilines is 4. The van der Waals surface area contributed by atoms with Crippen LogP contribution in [0.2, 0.25) is 0 Å². The number of amides is 1. The van der Waals surface area contributed by atoms with Crippen LogP contribution in [0.4, 0.5) is 22.9 Å². The third-order valence-electron chi connectivity index (χ3n) is 5.97. The predicted octanol–water partition coefficient (Wildman–Crippen LogP) is 4.35. The minimum Gasteiger partial charge on any atom is -0.339 e. The number of nitrogens with one attached hydrogen (secondary N) is 1. The highest BCUT2D eigenvalue weighted by atomic mass is 32.3. The summed E-state index contributed by atoms with van der Waals surface area (Å²) in [5.74, 6) is 0.836. The Morgan fingerprint density at radius 3 is 2.36 bits per heavy atom. The minimum atomic E-state index is -2.99. The molecule has 2 aliphatic rings. The first kappa shape index (κ1) is 21.7. The fourth-order valence-electron chi connectivity index (χ4n) is 4.09. The number of aromatic nitrogens is 2. The van der Waals surface area contributed by atoms with Crippen LogP contribution in [0.5, 0.6) is 0 Å². The van der Waals surface area contributed by atoms with Crippen molar-refractivity contribution in [3.05, 3.63) is 61.1 Å². The van der Waals surface area contributed by atoms with Crippen molar-refractivity contribution >= 4 is 39.7 Å². The van der Waals surface area contributed by atoms with Crippen molar-refractivity contribution in [3.8, 4) is 11.1 Å². The number of carbonyl (C=O) groups excluding carboxylic acids is 1. The second-order valence-corrected chi connectivity index (χ2v) is 10.2. The van der Waals surface area contributed by atoms with Gasteiger partial charge in [0.2, 0.25) is 5.91 Å². The Bertz CT molecular complexity index is 1160. The topological polar surface area (TPSA) is 105 Å². The van der Waals surface area contributed by atoms with E-state index in [1.807, 2.05) is 47.4 Å². The van der Waals surface area contributed by atoms with Gasteiger partial charge in [0.25, 0.3) is 0 Å². The maximum atomic E-state index is 11.9. The number of pyridine rings is 2. The fraction of sp³-hybridized carbons (Fsp3) is 0.261. The summed E-state index contributed by atoms with van der Waals surface area (Å²) in [6.45, 7) is 1.86. The first-order valence-electron chi connectivity index (χ1n) is 10.8. The smallest absolute Gasteiger partial charge is 0.227 e. The molecule has 0 radical (unpaired) electrons. The van der Waals surface area contributed by atoms with Crippen LogP contribution in [0.15, 0.2) is 61.1 Å². The van der Waals surface area contributed by atoms with Crippen LogP contribution in [-0.4, -0.2) is 56.0 Å². The largest absolute Gasteiger partial charge is 0.339 e. The number of benzene rings is 1. The zero-order valence-corrected chi connectivity index (χ0v) is 19.1. The van der Waals surface area contributed by atoms with Crippen LogP contribution < -0.4 is 14.5 Å². The van der Waals surface area contributed by atoms with E-state index in [-0.39, 0.29) is 5.91 Å². The van der Waals surface area contributed by atoms with Gasteiger partial charge in [-0.15, -0.1) is 0 Å². The first-order chi connectivity index (χ1) is 15.9. The van der Waals surface area contributed by atoms with Gasteiger partial charge in [-0.3, -0.25) is 23.2 Å². The highest BCUT2D eigenvalue weighted by molar-refractivity contribution is 8.23. The molecule has 0 aliphatic carbocycles. The highest BCUT2D eigenvalue weighted by Crippen LogP contribution is 2.52. The lowest BCUT2D eigenvalue weighted by Crippen LogP contribution is -2.26. The second kappa shape index (κ2) is 8.64. The summed E-state index contributed by atoms with van der Waals surface area (Å²) in [6.07, 6.45) is 6.61. The van der Waals surface area contributed by atoms with Crippen LogP contribution in [-0.2, 0) is 4.79 Å². The van der Waals surface area contributed by atoms with Gasteiger partial charge < -0.3 is 10.2 Å². The molecule has 2 saturated heterocycles. The molecular formula is C23H26N6O3S. The zero-order valence-electron chi connectivity index (χ0n) is 18.3. The molecule has 172 valence electrons. The molecule has 10 heteroatoms. The molecular weight excluding hydrogens is 440 g/mol. The fourth-order valence-corrected chi connectivity index (χ4v) is 5.46. The highest BCUT2D eigenvalue weighted by Gasteiger charge is 2.34. The molecule has 2 aromatic heterocycles. The summed E-state index contributed by atoms with van der Waals surface area (Å²) >= 11 is 0. The number of hydrogen-bond acceptors (Lipinski definition) is 8. The summed E-state index contributed by atoms with van der Waals surface area (Å²) < 4.78 is 23.9. The lowest BCUT2D eigenvalue weighted by atomic mass is 10.1. The molecule has 3 N–H and O–H groups in total. The normalized spacial score (nSPS) is 19.2. The van der Waals surface area contributed by atoms with E-state index in [1.54, 1.807) is 34.2 Å². The van der Waals surface area contributed by atoms with Gasteiger partial charge in [0.05, 0.1) is 30.3 Å². The van der Waals surface area contributed by atoms with Crippen LogP contribution in [0.25, 0.3) is 11.1 Å². The van der Waals surface area contributed by atoms with Crippen molar-refractivity contribution in [2.24, 2.45) is 0 Å². The molecule has 33 heavy (non-hydrogen) atoms. The Balaban J connectivity index is 1.28. The molecule has 9 nitrogen and oxygen atoms in total. The number of likely N-dealkylation sites (N-methyl/N-ethyl adjacent to an activating group) is 1. The summed E-state index contributed by atoms with van der Waals surface area (Å²) in [6, 6.07) is 13.7. The molecule has 1 amide bonds. The number of carbonyl (C=O) groups is 1. The van der Waals surface area contributed by atoms with Crippen molar-refractivity contribution < 1.29 is 13.9 Å². The van der Waals surface area contributed by atoms with Gasteiger partial charge in [0, 0.05) is 44.0 Å². The van der Waals surface area contributed by atoms with Gasteiger partial charge in [-0.1, -0.05) is 23.1 Å². The molecule has 0 unspecified atom stereocenters. The molecule has 4 heterocycles. The number of hydrogen-bond donors (Lipinski definition) is 3. The summed E-state index contributed by atoms with van der Waals surface area (Å²) in [7, 11) is -1.30. The van der Waals surface area contributed by atoms with E-state index in [1.165, 1.54) is 0 Å². The maximum Gasteiger partial charge on any atom is 0.227 e. The first-order valence-corrected chi connectivity index (χ1v) is 12.2. The maximum absolute atomic E-state index is 11.9. The van der Waals surface area contributed by atoms with Gasteiger partial charge >= 0.3 is 0 Å². The molecule has 1 aromatic carbocycles. The summed E-state index contributed by atoms with van der Waals surface area (Å²) in [5.41, 5.74) is 4.27. The molecule has 0 atom stereocenters. The van der Waals surface area contributed by atoms with Crippen LogP contribution >= 0.6 is 11.0 Å². The molecule has 2 fully saturated rings. The Morgan fingerprint density at radius 2 is 1.73 bits per heavy atom. The molecule has 5 rings (SSSR count). The van der Waals surface area contributed by atoms with Gasteiger partial charge in [-0.05, 0) is 42.3 Å². The van der Waals surface area contributed by atoms with Crippen molar-refractivity contribution in [3.63, 3.8) is 0 Å². The van der Waals surface area contributed by atoms with E-state index in [2.05, 4.69) is 15.3 Å². The van der Waals surface area contributed by atoms with E-state index >= 15 is 0 Å². The third kappa shape index (κ3) is 4.25. The van der Waals surface area contributed by atoms with Gasteiger partial charge in [-0.25, -0.2) is 4.98 Å². The molecule has 2 aliphatic heterocycles. The molecule has 0 spiro atoms. The monoisotopic (exact) mass is 466 g/mol. The Labute approximate surface area is 194 Å². The van der Waals surface area contributed by atoms with E-state index in [9.17, 15) is 13.9 Å². The van der Waals surface area contributed by atoms with Gasteiger partial charge in [-0.2, -0.15) is 4.31 Å². The summed E-state index contributed by atoms with van der Waals surface area (Å²) in [4.78, 5) is 22.5. The van der Waals surface area contributed by atoms with E-state index < -0.39 is 11.0 Å². The average molecular weight is 467 g/mol. The van der Waals surface area contributed by atoms with Crippen molar-refractivity contribution in [1.29, 1.82) is 0 Å². The Hall–Kier alpha value is -3.18. The zero-order chi connectivity index (χ0) is 23.0. The Morgan fingerprint density at radius 1 is 0.939 bits per heavy atom. The second-order valence-electron chi connectivity index (χ2n) is 8.13. The van der Waals surface area contributed by atoms with E-state index in [4.69, 9.17) is 0 Å². The SMILES string of the molecule is CN1CCN(c2cncc(Nc3ccc(-c4ccc(N5CCCC5=O)cc4)cn3)c2)S1(O)O. The number of rotatable bonds is 5. The standard InChI is InChI=1S/C23H26N6O3S/c1-27-11-12-29(33(27,31)32)21-13-19(15-24-16-21)26-22-9-6-18(14-25-22)17-4-7-20(8-5-17)28-10-2-3-23(28)30/h4-9,13-16,31-32H,2-3,10-12H2,1H3,(H,25,26). The van der Waals surface area contributed by atoms with E-state index in [0.717, 1.165) is 29.8 Å². The van der Waals surface area contributed by atoms with Crippen LogP contribution in [0, 0.1) is 0 Å². The molecule has 3 aromatic rings. The number of nitrogens with zero attached hydrogens (tertiary/aromatic N) is 5. The lowest BCUT2D eigenvalue weighted by molar-refractivity contribution is -0.117. The predicted molar refractivity (Wildman–Crippen MR) is 132 cm³/mol. The Kier molecular flexibility index (Phi) is 5.67. The van der Waals surface area contributed by atoms with Crippen molar-refractivity contribution in [1.82, 2.24) is 14.3 Å². The quantitative estimate of drug-likeness (QED) is 0.510. The average Bonchev–Trinajstić information content (AvgIpc) is 3.36. The van der Waals surface area contributed by atoms with Crippen molar-refractivity contribution in [2.75, 3.05) is 41.2 Å². The summed E-state index contributed by atoms with van der Waals surface area (Å²) in [5, 5.41) is 3.22. The lowest BCUT2D eigenvalue weighted by Gasteiger charge is -2.41. The minimum absolute atomic E-state index is 0.181. The third-order valence-corrected chi connectivity index (χ3v) is 7.97. The molecule has 0 bridgehead atoms. The van der Waals surface area contributed by atoms with Gasteiger partial charge in [0.1, 0.15) is 5.82 Å². The molecule has 0 saturated carbocycles. The van der Waals surface area contributed by atoms with Gasteiger partial charge in [0.15, 0.2) is 0 Å². The van der Waals surface area contributed by atoms with E-state index in [0.29, 0.717) is 36.7 Å². The van der Waals surface area contributed by atoms with Crippen molar-refractivity contribution in [2.45, 2.75) is 12.8 Å². The van der Waals surface area contributed by atoms with Crippen LogP contribution in [0.1, 0.15) is 12.8 Å². The van der Waals surface area contributed by atoms with Crippen LogP contribution in [0.3, 0.4) is 0 Å².